The highest BCUT2D eigenvalue weighted by atomic mass is 31.2. The molecule has 0 aliphatic rings. The summed E-state index contributed by atoms with van der Waals surface area (Å²) in [4.78, 5) is 21.8. The predicted molar refractivity (Wildman–Crippen MR) is 156 cm³/mol. The van der Waals surface area contributed by atoms with Crippen molar-refractivity contribution in [3.8, 4) is 5.75 Å². The maximum absolute atomic E-state index is 12.3. The third-order valence-electron chi connectivity index (χ3n) is 7.14. The van der Waals surface area contributed by atoms with Crippen molar-refractivity contribution in [3.63, 3.8) is 0 Å². The van der Waals surface area contributed by atoms with Gasteiger partial charge in [0.15, 0.2) is 0 Å². The van der Waals surface area contributed by atoms with E-state index >= 15 is 0 Å². The molecular weight excluding hydrogens is 501 g/mol. The first-order chi connectivity index (χ1) is 18.1. The molecule has 0 saturated carbocycles. The molecule has 1 N–H and O–H groups in total. The van der Waals surface area contributed by atoms with Crippen LogP contribution in [0.4, 0.5) is 0 Å². The predicted octanol–water partition coefficient (Wildman–Crippen LogP) is 7.35. The quantitative estimate of drug-likeness (QED) is 0.0814. The average Bonchev–Trinajstić information content (AvgIpc) is 2.87. The van der Waals surface area contributed by atoms with Crippen LogP contribution in [-0.2, 0) is 24.8 Å². The van der Waals surface area contributed by atoms with Gasteiger partial charge in [-0.15, -0.1) is 0 Å². The van der Waals surface area contributed by atoms with Crippen LogP contribution >= 0.6 is 7.82 Å². The van der Waals surface area contributed by atoms with Gasteiger partial charge in [0.25, 0.3) is 0 Å². The van der Waals surface area contributed by atoms with E-state index in [1.807, 2.05) is 38.4 Å². The Morgan fingerprint density at radius 3 is 2.11 bits per heavy atom. The van der Waals surface area contributed by atoms with Crippen LogP contribution in [0.1, 0.15) is 97.0 Å². The number of nitrogens with zero attached hydrogens (tertiary/aromatic N) is 1. The first-order valence-corrected chi connectivity index (χ1v) is 16.2. The maximum Gasteiger partial charge on any atom is 0.472 e. The molecule has 0 aliphatic carbocycles. The lowest BCUT2D eigenvalue weighted by Crippen LogP contribution is -2.41. The van der Waals surface area contributed by atoms with Crippen molar-refractivity contribution in [1.82, 2.24) is 0 Å². The number of rotatable bonds is 24. The zero-order valence-corrected chi connectivity index (χ0v) is 25.7. The zero-order chi connectivity index (χ0) is 28.3. The lowest BCUT2D eigenvalue weighted by atomic mass is 9.96. The molecule has 0 radical (unpaired) electrons. The number of carbonyl (C=O) groups excluding carboxylic acids is 1. The van der Waals surface area contributed by atoms with Crippen LogP contribution in [0.15, 0.2) is 24.3 Å². The summed E-state index contributed by atoms with van der Waals surface area (Å²) in [7, 11) is -0.0851. The van der Waals surface area contributed by atoms with Crippen LogP contribution in [0.25, 0.3) is 0 Å². The van der Waals surface area contributed by atoms with Gasteiger partial charge >= 0.3 is 7.82 Å². The Labute approximate surface area is 232 Å². The molecule has 1 aromatic carbocycles. The fourth-order valence-electron chi connectivity index (χ4n) is 4.18. The molecule has 0 bridgehead atoms. The van der Waals surface area contributed by atoms with E-state index in [0.717, 1.165) is 37.3 Å². The summed E-state index contributed by atoms with van der Waals surface area (Å²) in [5.41, 5.74) is 1.14. The fourth-order valence-corrected chi connectivity index (χ4v) is 4.96. The summed E-state index contributed by atoms with van der Waals surface area (Å²) in [5, 5.41) is 0. The Kier molecular flexibility index (Phi) is 18.1. The molecule has 0 saturated heterocycles. The van der Waals surface area contributed by atoms with Gasteiger partial charge in [0, 0.05) is 6.42 Å². The minimum atomic E-state index is -4.15. The Bertz CT molecular complexity index is 798. The van der Waals surface area contributed by atoms with E-state index < -0.39 is 7.82 Å². The summed E-state index contributed by atoms with van der Waals surface area (Å²) in [6, 6.07) is 8.08. The van der Waals surface area contributed by atoms with Gasteiger partial charge in [-0.3, -0.25) is 9.05 Å². The molecule has 1 aromatic rings. The van der Waals surface area contributed by atoms with Gasteiger partial charge in [0.05, 0.1) is 33.9 Å². The number of ether oxygens (including phenoxy) is 1. The van der Waals surface area contributed by atoms with Gasteiger partial charge in [0.1, 0.15) is 24.7 Å². The van der Waals surface area contributed by atoms with Crippen molar-refractivity contribution in [2.24, 2.45) is 5.92 Å². The van der Waals surface area contributed by atoms with Crippen LogP contribution in [0.3, 0.4) is 0 Å². The van der Waals surface area contributed by atoms with Gasteiger partial charge in [-0.25, -0.2) is 4.57 Å². The normalized spacial score (nSPS) is 14.3. The van der Waals surface area contributed by atoms with Crippen molar-refractivity contribution in [3.05, 3.63) is 29.8 Å². The van der Waals surface area contributed by atoms with Crippen LogP contribution in [0.5, 0.6) is 5.75 Å². The molecule has 0 aromatic heterocycles. The summed E-state index contributed by atoms with van der Waals surface area (Å²) < 4.78 is 29.3. The number of quaternary nitrogens is 1. The lowest BCUT2D eigenvalue weighted by molar-refractivity contribution is -0.888. The molecule has 0 amide bonds. The number of phosphoric ester groups is 1. The van der Waals surface area contributed by atoms with Gasteiger partial charge in [-0.05, 0) is 56.7 Å². The maximum atomic E-state index is 12.3. The van der Waals surface area contributed by atoms with Crippen molar-refractivity contribution in [2.45, 2.75) is 97.8 Å². The SMILES string of the molecule is CCCCCCCCCCCOc1ccc(CCC(COP(=O)(O)OCC[N+](C)(C)CC)CC(C)=O)cc1. The van der Waals surface area contributed by atoms with E-state index in [0.29, 0.717) is 23.9 Å². The van der Waals surface area contributed by atoms with Crippen LogP contribution < -0.4 is 4.74 Å². The van der Waals surface area contributed by atoms with E-state index in [2.05, 4.69) is 13.8 Å². The van der Waals surface area contributed by atoms with Crippen molar-refractivity contribution in [1.29, 1.82) is 0 Å². The van der Waals surface area contributed by atoms with Crippen LogP contribution in [0, 0.1) is 5.92 Å². The van der Waals surface area contributed by atoms with E-state index in [-0.39, 0.29) is 24.9 Å². The number of aryl methyl sites for hydroxylation is 1. The number of carbonyl (C=O) groups is 1. The molecular formula is C30H55NO6P+. The summed E-state index contributed by atoms with van der Waals surface area (Å²) >= 11 is 0. The number of hydrogen-bond acceptors (Lipinski definition) is 5. The monoisotopic (exact) mass is 556 g/mol. The molecule has 1 rings (SSSR count). The number of ketones is 1. The number of unbranched alkanes of at least 4 members (excludes halogenated alkanes) is 8. The van der Waals surface area contributed by atoms with Gasteiger partial charge < -0.3 is 18.9 Å². The molecule has 2 atom stereocenters. The Hall–Kier alpha value is -1.24. The smallest absolute Gasteiger partial charge is 0.472 e. The lowest BCUT2D eigenvalue weighted by Gasteiger charge is -2.28. The average molecular weight is 557 g/mol. The van der Waals surface area contributed by atoms with E-state index in [4.69, 9.17) is 13.8 Å². The van der Waals surface area contributed by atoms with E-state index in [9.17, 15) is 14.3 Å². The topological polar surface area (TPSA) is 82.1 Å². The molecule has 0 spiro atoms. The van der Waals surface area contributed by atoms with Crippen LogP contribution in [-0.4, -0.2) is 62.2 Å². The van der Waals surface area contributed by atoms with E-state index in [1.54, 1.807) is 0 Å². The summed E-state index contributed by atoms with van der Waals surface area (Å²) in [5.74, 6) is 0.761. The highest BCUT2D eigenvalue weighted by Gasteiger charge is 2.25. The number of phosphoric acid groups is 1. The molecule has 2 unspecified atom stereocenters. The molecule has 38 heavy (non-hydrogen) atoms. The molecule has 0 fully saturated rings. The number of Topliss-reactive ketones (excluding diaryl/α,β-unsaturated/α-hetero) is 1. The number of benzene rings is 1. The Morgan fingerprint density at radius 1 is 0.921 bits per heavy atom. The largest absolute Gasteiger partial charge is 0.494 e. The molecule has 8 heteroatoms. The molecule has 220 valence electrons. The second kappa shape index (κ2) is 19.8. The van der Waals surface area contributed by atoms with Gasteiger partial charge in [-0.2, -0.15) is 0 Å². The van der Waals surface area contributed by atoms with Crippen molar-refractivity contribution < 1.29 is 32.5 Å². The standard InChI is InChI=1S/C30H54NO6P/c1-6-8-9-10-11-12-13-14-15-23-35-30-20-18-28(19-21-30)16-17-29(25-27(3)32)26-37-38(33,34)36-24-22-31(4,5)7-2/h18-21,29H,6-17,22-26H2,1-5H3/p+1. The zero-order valence-electron chi connectivity index (χ0n) is 24.8. The molecule has 7 nitrogen and oxygen atoms in total. The summed E-state index contributed by atoms with van der Waals surface area (Å²) in [6.45, 7) is 8.24. The second-order valence-corrected chi connectivity index (χ2v) is 12.7. The second-order valence-electron chi connectivity index (χ2n) is 11.2. The first kappa shape index (κ1) is 34.8. The highest BCUT2D eigenvalue weighted by molar-refractivity contribution is 7.47. The van der Waals surface area contributed by atoms with Crippen LogP contribution in [0.2, 0.25) is 0 Å². The fraction of sp³-hybridized carbons (Fsp3) is 0.767. The Morgan fingerprint density at radius 2 is 1.53 bits per heavy atom. The van der Waals surface area contributed by atoms with Crippen molar-refractivity contribution >= 4 is 13.6 Å². The van der Waals surface area contributed by atoms with Gasteiger partial charge in [-0.1, -0.05) is 70.4 Å². The van der Waals surface area contributed by atoms with Crippen molar-refractivity contribution in [2.75, 3.05) is 47.0 Å². The molecule has 0 aliphatic heterocycles. The minimum Gasteiger partial charge on any atom is -0.494 e. The van der Waals surface area contributed by atoms with E-state index in [1.165, 1.54) is 58.3 Å². The highest BCUT2D eigenvalue weighted by Crippen LogP contribution is 2.44. The number of likely N-dealkylation sites (N-methyl/N-ethyl adjacent to an activating group) is 1. The number of hydrogen-bond donors (Lipinski definition) is 1. The third kappa shape index (κ3) is 18.1. The Balaban J connectivity index is 2.34. The third-order valence-corrected chi connectivity index (χ3v) is 8.12. The molecule has 0 heterocycles. The minimum absolute atomic E-state index is 0.0132. The summed E-state index contributed by atoms with van der Waals surface area (Å²) in [6.07, 6.45) is 13.4. The van der Waals surface area contributed by atoms with Gasteiger partial charge in [0.2, 0.25) is 0 Å². The first-order valence-electron chi connectivity index (χ1n) is 14.7.